The number of rotatable bonds is 6. The largest absolute Gasteiger partial charge is 0.396 e. The monoisotopic (exact) mass is 252 g/mol. The molecule has 0 unspecified atom stereocenters. The van der Waals surface area contributed by atoms with Crippen LogP contribution in [0.2, 0.25) is 12.6 Å². The minimum atomic E-state index is -0.116. The van der Waals surface area contributed by atoms with Gasteiger partial charge in [-0.1, -0.05) is 12.6 Å². The van der Waals surface area contributed by atoms with Gasteiger partial charge in [-0.2, -0.15) is 0 Å². The van der Waals surface area contributed by atoms with Crippen molar-refractivity contribution in [2.75, 3.05) is 26.4 Å². The molecule has 4 atom stereocenters. The third-order valence-electron chi connectivity index (χ3n) is 4.60. The average molecular weight is 252 g/mol. The van der Waals surface area contributed by atoms with Crippen molar-refractivity contribution in [3.63, 3.8) is 0 Å². The molecule has 0 heterocycles. The lowest BCUT2D eigenvalue weighted by Crippen LogP contribution is -2.10. The van der Waals surface area contributed by atoms with Gasteiger partial charge in [0.05, 0.1) is 15.7 Å². The Hall–Kier alpha value is -0.0301. The molecule has 2 aliphatic rings. The number of aliphatic hydroxyl groups is 4. The zero-order valence-electron chi connectivity index (χ0n) is 10.8. The molecule has 0 aliphatic heterocycles. The fourth-order valence-electron chi connectivity index (χ4n) is 2.40. The van der Waals surface area contributed by atoms with E-state index in [0.717, 1.165) is 12.8 Å². The highest BCUT2D eigenvalue weighted by atomic mass is 16.3. The Morgan fingerprint density at radius 2 is 1.11 bits per heavy atom. The highest BCUT2D eigenvalue weighted by Gasteiger charge is 2.51. The van der Waals surface area contributed by atoms with Crippen LogP contribution in [0, 0.1) is 22.7 Å². The zero-order chi connectivity index (χ0) is 13.8. The highest BCUT2D eigenvalue weighted by Crippen LogP contribution is 2.54. The third-order valence-corrected chi connectivity index (χ3v) is 4.60. The predicted octanol–water partition coefficient (Wildman–Crippen LogP) is -0.872. The van der Waals surface area contributed by atoms with Crippen molar-refractivity contribution < 1.29 is 20.4 Å². The SMILES string of the molecule is [B]C[C@@]1(CO)C[C@@H]1CO.[B]C[C@]1(CO)C[C@H]1CO. The lowest BCUT2D eigenvalue weighted by molar-refractivity contribution is 0.185. The summed E-state index contributed by atoms with van der Waals surface area (Å²) in [5, 5.41) is 34.8. The van der Waals surface area contributed by atoms with Crippen LogP contribution in [0.3, 0.4) is 0 Å². The first-order chi connectivity index (χ1) is 8.57. The van der Waals surface area contributed by atoms with Gasteiger partial charge in [-0.25, -0.2) is 0 Å². The average Bonchev–Trinajstić information content (AvgIpc) is 3.32. The summed E-state index contributed by atoms with van der Waals surface area (Å²) in [6.07, 6.45) is 2.76. The second-order valence-corrected chi connectivity index (χ2v) is 5.62. The maximum atomic E-state index is 8.77. The van der Waals surface area contributed by atoms with E-state index in [-0.39, 0.29) is 49.1 Å². The van der Waals surface area contributed by atoms with Crippen molar-refractivity contribution in [3.05, 3.63) is 0 Å². The molecule has 2 saturated carbocycles. The predicted molar refractivity (Wildman–Crippen MR) is 70.5 cm³/mol. The highest BCUT2D eigenvalue weighted by molar-refractivity contribution is 6.09. The van der Waals surface area contributed by atoms with E-state index in [2.05, 4.69) is 0 Å². The molecule has 4 nitrogen and oxygen atoms in total. The normalized spacial score (nSPS) is 40.9. The topological polar surface area (TPSA) is 80.9 Å². The Morgan fingerprint density at radius 1 is 0.778 bits per heavy atom. The fraction of sp³-hybridized carbons (Fsp3) is 1.00. The van der Waals surface area contributed by atoms with Gasteiger partial charge in [0, 0.05) is 26.4 Å². The van der Waals surface area contributed by atoms with E-state index in [1.807, 2.05) is 0 Å². The van der Waals surface area contributed by atoms with Crippen LogP contribution in [-0.4, -0.2) is 62.5 Å². The van der Waals surface area contributed by atoms with E-state index in [0.29, 0.717) is 12.6 Å². The van der Waals surface area contributed by atoms with Gasteiger partial charge in [0.1, 0.15) is 0 Å². The quantitative estimate of drug-likeness (QED) is 0.463. The van der Waals surface area contributed by atoms with E-state index in [1.54, 1.807) is 0 Å². The molecule has 2 aliphatic carbocycles. The summed E-state index contributed by atoms with van der Waals surface area (Å²) in [4.78, 5) is 0. The summed E-state index contributed by atoms with van der Waals surface area (Å²) in [5.41, 5.74) is -0.233. The Balaban J connectivity index is 0.000000180. The van der Waals surface area contributed by atoms with Gasteiger partial charge in [0.25, 0.3) is 0 Å². The summed E-state index contributed by atoms with van der Waals surface area (Å²) in [6, 6.07) is 0. The molecule has 0 aromatic carbocycles. The van der Waals surface area contributed by atoms with Crippen LogP contribution < -0.4 is 0 Å². The first-order valence-electron chi connectivity index (χ1n) is 6.41. The van der Waals surface area contributed by atoms with E-state index < -0.39 is 0 Å². The lowest BCUT2D eigenvalue weighted by Gasteiger charge is -2.08. The van der Waals surface area contributed by atoms with Gasteiger partial charge in [-0.15, -0.1) is 0 Å². The number of aliphatic hydroxyl groups excluding tert-OH is 4. The third kappa shape index (κ3) is 3.10. The van der Waals surface area contributed by atoms with Gasteiger partial charge in [-0.3, -0.25) is 0 Å². The maximum Gasteiger partial charge on any atom is 0.0661 e. The van der Waals surface area contributed by atoms with Crippen molar-refractivity contribution in [1.29, 1.82) is 0 Å². The van der Waals surface area contributed by atoms with Crippen LogP contribution in [-0.2, 0) is 0 Å². The Kier molecular flexibility index (Phi) is 5.71. The molecule has 4 radical (unpaired) electrons. The molecule has 0 spiro atoms. The standard InChI is InChI=1S/2C6H11BO2/c2*7-3-6(4-9)1-5(6)2-8/h2*5,8-9H,1-4H2/t2*5-,6-/m10/s1. The fourth-order valence-corrected chi connectivity index (χ4v) is 2.40. The molecule has 18 heavy (non-hydrogen) atoms. The molecule has 2 rings (SSSR count). The Bertz CT molecular complexity index is 228. The van der Waals surface area contributed by atoms with Gasteiger partial charge >= 0.3 is 0 Å². The summed E-state index contributed by atoms with van der Waals surface area (Å²) in [5.74, 6) is 0.514. The van der Waals surface area contributed by atoms with Crippen LogP contribution >= 0.6 is 0 Å². The van der Waals surface area contributed by atoms with E-state index in [1.165, 1.54) is 0 Å². The van der Waals surface area contributed by atoms with E-state index in [4.69, 9.17) is 36.1 Å². The summed E-state index contributed by atoms with van der Waals surface area (Å²) < 4.78 is 0. The molecule has 4 N–H and O–H groups in total. The maximum absolute atomic E-state index is 8.77. The zero-order valence-corrected chi connectivity index (χ0v) is 10.8. The van der Waals surface area contributed by atoms with E-state index in [9.17, 15) is 0 Å². The second-order valence-electron chi connectivity index (χ2n) is 5.62. The lowest BCUT2D eigenvalue weighted by atomic mass is 9.87. The number of hydrogen-bond acceptors (Lipinski definition) is 4. The number of hydrogen-bond donors (Lipinski definition) is 4. The van der Waals surface area contributed by atoms with Crippen LogP contribution in [0.15, 0.2) is 0 Å². The van der Waals surface area contributed by atoms with Crippen molar-refractivity contribution in [3.8, 4) is 0 Å². The Labute approximate surface area is 111 Å². The molecular formula is C12H22B2O4. The molecule has 2 fully saturated rings. The first-order valence-corrected chi connectivity index (χ1v) is 6.41. The smallest absolute Gasteiger partial charge is 0.0661 e. The van der Waals surface area contributed by atoms with Crippen molar-refractivity contribution in [1.82, 2.24) is 0 Å². The van der Waals surface area contributed by atoms with Gasteiger partial charge in [0.2, 0.25) is 0 Å². The van der Waals surface area contributed by atoms with Crippen LogP contribution in [0.1, 0.15) is 12.8 Å². The van der Waals surface area contributed by atoms with Gasteiger partial charge < -0.3 is 20.4 Å². The van der Waals surface area contributed by atoms with E-state index >= 15 is 0 Å². The molecule has 0 saturated heterocycles. The van der Waals surface area contributed by atoms with Crippen LogP contribution in [0.25, 0.3) is 0 Å². The van der Waals surface area contributed by atoms with Crippen LogP contribution in [0.4, 0.5) is 0 Å². The molecule has 100 valence electrons. The molecule has 0 amide bonds. The minimum Gasteiger partial charge on any atom is -0.396 e. The summed E-state index contributed by atoms with van der Waals surface area (Å²) in [6.45, 7) is 0.568. The minimum absolute atomic E-state index is 0.116. The molecule has 0 bridgehead atoms. The molecule has 0 aromatic rings. The summed E-state index contributed by atoms with van der Waals surface area (Å²) >= 11 is 0. The molecule has 6 heteroatoms. The molecular weight excluding hydrogens is 230 g/mol. The van der Waals surface area contributed by atoms with Crippen LogP contribution in [0.5, 0.6) is 0 Å². The summed E-state index contributed by atoms with van der Waals surface area (Å²) in [7, 11) is 10.7. The van der Waals surface area contributed by atoms with Crippen molar-refractivity contribution >= 4 is 15.7 Å². The van der Waals surface area contributed by atoms with Crippen molar-refractivity contribution in [2.45, 2.75) is 25.5 Å². The van der Waals surface area contributed by atoms with Gasteiger partial charge in [-0.05, 0) is 35.5 Å². The first kappa shape index (κ1) is 16.0. The second kappa shape index (κ2) is 6.42. The van der Waals surface area contributed by atoms with Gasteiger partial charge in [0.15, 0.2) is 0 Å². The van der Waals surface area contributed by atoms with Crippen molar-refractivity contribution in [2.24, 2.45) is 22.7 Å². The molecule has 0 aromatic heterocycles. The Morgan fingerprint density at radius 3 is 1.17 bits per heavy atom.